The van der Waals surface area contributed by atoms with Crippen LogP contribution in [0.3, 0.4) is 0 Å². The molecule has 0 bridgehead atoms. The SMILES string of the molecule is CC(C)[C@H](NC(=O)OCc1ccccc1)C(=O)C[C@@H](CCCNC(N)=O)C(=O)Nc1ccc(CO)cc1. The molecular formula is C27H36N4O6. The van der Waals surface area contributed by atoms with E-state index >= 15 is 0 Å². The number of rotatable bonds is 14. The molecule has 0 spiro atoms. The van der Waals surface area contributed by atoms with E-state index in [1.165, 1.54) is 0 Å². The van der Waals surface area contributed by atoms with Gasteiger partial charge in [0.1, 0.15) is 6.61 Å². The van der Waals surface area contributed by atoms with E-state index in [-0.39, 0.29) is 43.8 Å². The molecule has 4 amide bonds. The predicted octanol–water partition coefficient (Wildman–Crippen LogP) is 3.09. The van der Waals surface area contributed by atoms with Crippen LogP contribution in [-0.2, 0) is 27.5 Å². The minimum atomic E-state index is -0.842. The summed E-state index contributed by atoms with van der Waals surface area (Å²) >= 11 is 0. The van der Waals surface area contributed by atoms with Crippen LogP contribution in [0.4, 0.5) is 15.3 Å². The predicted molar refractivity (Wildman–Crippen MR) is 139 cm³/mol. The number of aliphatic hydroxyl groups is 1. The number of Topliss-reactive ketones (excluding diaryl/α,β-unsaturated/α-hetero) is 1. The van der Waals surface area contributed by atoms with Gasteiger partial charge in [-0.2, -0.15) is 0 Å². The number of aliphatic hydroxyl groups excluding tert-OH is 1. The number of nitrogens with one attached hydrogen (secondary N) is 3. The molecule has 0 aliphatic carbocycles. The molecule has 0 aliphatic heterocycles. The number of benzene rings is 2. The van der Waals surface area contributed by atoms with E-state index in [9.17, 15) is 24.3 Å². The highest BCUT2D eigenvalue weighted by molar-refractivity contribution is 5.97. The van der Waals surface area contributed by atoms with Gasteiger partial charge in [-0.05, 0) is 42.0 Å². The van der Waals surface area contributed by atoms with E-state index in [4.69, 9.17) is 10.5 Å². The molecule has 0 radical (unpaired) electrons. The molecule has 0 aromatic heterocycles. The molecule has 0 saturated heterocycles. The van der Waals surface area contributed by atoms with Gasteiger partial charge in [-0.3, -0.25) is 9.59 Å². The van der Waals surface area contributed by atoms with Crippen LogP contribution in [0.5, 0.6) is 0 Å². The lowest BCUT2D eigenvalue weighted by molar-refractivity contribution is -0.128. The number of alkyl carbamates (subject to hydrolysis) is 1. The smallest absolute Gasteiger partial charge is 0.408 e. The van der Waals surface area contributed by atoms with Crippen molar-refractivity contribution >= 4 is 29.5 Å². The lowest BCUT2D eigenvalue weighted by Crippen LogP contribution is -2.45. The summed E-state index contributed by atoms with van der Waals surface area (Å²) in [5.74, 6) is -1.60. The second-order valence-corrected chi connectivity index (χ2v) is 9.07. The monoisotopic (exact) mass is 512 g/mol. The van der Waals surface area contributed by atoms with E-state index in [0.29, 0.717) is 24.1 Å². The molecule has 37 heavy (non-hydrogen) atoms. The summed E-state index contributed by atoms with van der Waals surface area (Å²) in [5, 5.41) is 17.1. The van der Waals surface area contributed by atoms with Crippen molar-refractivity contribution in [2.75, 3.05) is 11.9 Å². The van der Waals surface area contributed by atoms with Gasteiger partial charge in [0, 0.05) is 24.6 Å². The largest absolute Gasteiger partial charge is 0.445 e. The fourth-order valence-electron chi connectivity index (χ4n) is 3.70. The first-order valence-corrected chi connectivity index (χ1v) is 12.2. The zero-order valence-corrected chi connectivity index (χ0v) is 21.2. The molecule has 2 aromatic carbocycles. The number of hydrogen-bond donors (Lipinski definition) is 5. The molecule has 10 nitrogen and oxygen atoms in total. The van der Waals surface area contributed by atoms with E-state index in [0.717, 1.165) is 5.56 Å². The molecular weight excluding hydrogens is 476 g/mol. The average molecular weight is 513 g/mol. The molecule has 0 fully saturated rings. The topological polar surface area (TPSA) is 160 Å². The lowest BCUT2D eigenvalue weighted by Gasteiger charge is -2.24. The Hall–Kier alpha value is -3.92. The van der Waals surface area contributed by atoms with E-state index in [2.05, 4.69) is 16.0 Å². The highest BCUT2D eigenvalue weighted by Gasteiger charge is 2.30. The summed E-state index contributed by atoms with van der Waals surface area (Å²) in [6, 6.07) is 14.4. The van der Waals surface area contributed by atoms with E-state index in [1.807, 2.05) is 30.3 Å². The number of ether oxygens (including phenoxy) is 1. The fourth-order valence-corrected chi connectivity index (χ4v) is 3.70. The Morgan fingerprint density at radius 3 is 2.24 bits per heavy atom. The van der Waals surface area contributed by atoms with Crippen molar-refractivity contribution in [3.8, 4) is 0 Å². The van der Waals surface area contributed by atoms with E-state index < -0.39 is 24.1 Å². The van der Waals surface area contributed by atoms with Crippen molar-refractivity contribution in [3.63, 3.8) is 0 Å². The summed E-state index contributed by atoms with van der Waals surface area (Å²) in [7, 11) is 0. The molecule has 0 aliphatic rings. The molecule has 200 valence electrons. The van der Waals surface area contributed by atoms with Gasteiger partial charge >= 0.3 is 12.1 Å². The van der Waals surface area contributed by atoms with Crippen LogP contribution in [0, 0.1) is 11.8 Å². The summed E-state index contributed by atoms with van der Waals surface area (Å²) in [6.45, 7) is 3.81. The summed E-state index contributed by atoms with van der Waals surface area (Å²) in [4.78, 5) is 49.6. The Labute approximate surface area is 217 Å². The molecule has 2 aromatic rings. The first-order chi connectivity index (χ1) is 17.7. The Bertz CT molecular complexity index is 1030. The maximum Gasteiger partial charge on any atom is 0.408 e. The Kier molecular flexibility index (Phi) is 12.1. The summed E-state index contributed by atoms with van der Waals surface area (Å²) < 4.78 is 5.26. The third-order valence-corrected chi connectivity index (χ3v) is 5.75. The van der Waals surface area contributed by atoms with Crippen LogP contribution in [0.2, 0.25) is 0 Å². The minimum absolute atomic E-state index is 0.0681. The fraction of sp³-hybridized carbons (Fsp3) is 0.407. The van der Waals surface area contributed by atoms with Crippen LogP contribution in [0.25, 0.3) is 0 Å². The molecule has 0 heterocycles. The lowest BCUT2D eigenvalue weighted by atomic mass is 9.89. The van der Waals surface area contributed by atoms with Crippen molar-refractivity contribution in [3.05, 3.63) is 65.7 Å². The van der Waals surface area contributed by atoms with Gasteiger partial charge in [0.05, 0.1) is 12.6 Å². The Morgan fingerprint density at radius 2 is 1.65 bits per heavy atom. The van der Waals surface area contributed by atoms with Crippen molar-refractivity contribution < 1.29 is 29.0 Å². The average Bonchev–Trinajstić information content (AvgIpc) is 2.88. The molecule has 0 unspecified atom stereocenters. The van der Waals surface area contributed by atoms with Crippen molar-refractivity contribution in [2.24, 2.45) is 17.6 Å². The van der Waals surface area contributed by atoms with Crippen LogP contribution in [0.1, 0.15) is 44.2 Å². The van der Waals surface area contributed by atoms with Gasteiger partial charge in [0.15, 0.2) is 5.78 Å². The van der Waals surface area contributed by atoms with Gasteiger partial charge in [-0.1, -0.05) is 56.3 Å². The number of amides is 4. The number of anilines is 1. The van der Waals surface area contributed by atoms with Crippen molar-refractivity contribution in [1.82, 2.24) is 10.6 Å². The number of ketones is 1. The van der Waals surface area contributed by atoms with Gasteiger partial charge in [-0.25, -0.2) is 9.59 Å². The zero-order chi connectivity index (χ0) is 27.2. The third kappa shape index (κ3) is 10.7. The van der Waals surface area contributed by atoms with Gasteiger partial charge in [0.25, 0.3) is 0 Å². The van der Waals surface area contributed by atoms with Crippen molar-refractivity contribution in [1.29, 1.82) is 0 Å². The first-order valence-electron chi connectivity index (χ1n) is 12.2. The Morgan fingerprint density at radius 1 is 0.973 bits per heavy atom. The number of urea groups is 1. The molecule has 2 rings (SSSR count). The Balaban J connectivity index is 2.04. The second-order valence-electron chi connectivity index (χ2n) is 9.07. The van der Waals surface area contributed by atoms with Crippen LogP contribution >= 0.6 is 0 Å². The first kappa shape index (κ1) is 29.3. The summed E-state index contributed by atoms with van der Waals surface area (Å²) in [5.41, 5.74) is 7.15. The number of carbonyl (C=O) groups excluding carboxylic acids is 4. The van der Waals surface area contributed by atoms with Gasteiger partial charge in [-0.15, -0.1) is 0 Å². The maximum absolute atomic E-state index is 13.2. The maximum atomic E-state index is 13.2. The number of hydrogen-bond acceptors (Lipinski definition) is 6. The minimum Gasteiger partial charge on any atom is -0.445 e. The van der Waals surface area contributed by atoms with Gasteiger partial charge < -0.3 is 31.5 Å². The molecule has 6 N–H and O–H groups in total. The zero-order valence-electron chi connectivity index (χ0n) is 21.2. The summed E-state index contributed by atoms with van der Waals surface area (Å²) in [6.07, 6.45) is -0.0858. The normalized spacial score (nSPS) is 12.3. The highest BCUT2D eigenvalue weighted by atomic mass is 16.5. The molecule has 10 heteroatoms. The molecule has 0 saturated carbocycles. The second kappa shape index (κ2) is 15.2. The number of primary amides is 1. The van der Waals surface area contributed by atoms with Crippen LogP contribution in [-0.4, -0.2) is 41.5 Å². The number of carbonyl (C=O) groups is 4. The third-order valence-electron chi connectivity index (χ3n) is 5.75. The van der Waals surface area contributed by atoms with Crippen LogP contribution < -0.4 is 21.7 Å². The highest BCUT2D eigenvalue weighted by Crippen LogP contribution is 2.19. The van der Waals surface area contributed by atoms with Crippen LogP contribution in [0.15, 0.2) is 54.6 Å². The van der Waals surface area contributed by atoms with Gasteiger partial charge in [0.2, 0.25) is 5.91 Å². The standard InChI is InChI=1S/C27H36N4O6/c1-18(2)24(31-27(36)37-17-20-7-4-3-5-8-20)23(33)15-21(9-6-14-29-26(28)35)25(34)30-22-12-10-19(16-32)11-13-22/h3-5,7-8,10-13,18,21,24,32H,6,9,14-17H2,1-2H3,(H,30,34)(H,31,36)(H3,28,29,35)/t21-,24+/m1/s1. The quantitative estimate of drug-likeness (QED) is 0.245. The van der Waals surface area contributed by atoms with Crippen molar-refractivity contribution in [2.45, 2.75) is 52.4 Å². The number of nitrogens with two attached hydrogens (primary N) is 1. The van der Waals surface area contributed by atoms with E-state index in [1.54, 1.807) is 38.1 Å². The molecule has 2 atom stereocenters.